The number of hydrogen-bond acceptors (Lipinski definition) is 3. The molecule has 2 bridgehead atoms. The maximum absolute atomic E-state index is 6.33. The van der Waals surface area contributed by atoms with Gasteiger partial charge in [-0.2, -0.15) is 0 Å². The minimum Gasteiger partial charge on any atom is -0.324 e. The second-order valence-corrected chi connectivity index (χ2v) is 7.56. The summed E-state index contributed by atoms with van der Waals surface area (Å²) >= 11 is 8.31. The lowest BCUT2D eigenvalue weighted by molar-refractivity contribution is 0.183. The van der Waals surface area contributed by atoms with Crippen molar-refractivity contribution in [3.05, 3.63) is 22.1 Å². The lowest BCUT2D eigenvalue weighted by atomic mass is 10.0. The van der Waals surface area contributed by atoms with Crippen LogP contribution in [0.15, 0.2) is 22.1 Å². The Kier molecular flexibility index (Phi) is 3.77. The molecule has 2 fully saturated rings. The third-order valence-electron chi connectivity index (χ3n) is 4.53. The summed E-state index contributed by atoms with van der Waals surface area (Å²) < 4.78 is 0. The van der Waals surface area contributed by atoms with Gasteiger partial charge in [0, 0.05) is 39.7 Å². The first-order valence-electron chi connectivity index (χ1n) is 6.84. The van der Waals surface area contributed by atoms with Gasteiger partial charge in [-0.1, -0.05) is 17.7 Å². The summed E-state index contributed by atoms with van der Waals surface area (Å²) in [5.74, 6) is 0. The molecule has 2 saturated heterocycles. The van der Waals surface area contributed by atoms with Crippen LogP contribution in [-0.2, 0) is 0 Å². The first kappa shape index (κ1) is 13.0. The predicted molar refractivity (Wildman–Crippen MR) is 79.8 cm³/mol. The third-order valence-corrected chi connectivity index (χ3v) is 6.35. The number of hydrogen-bond donors (Lipinski definition) is 1. The summed E-state index contributed by atoms with van der Waals surface area (Å²) in [5.41, 5.74) is 5.87. The summed E-state index contributed by atoms with van der Waals surface area (Å²) in [6, 6.07) is 1.71. The van der Waals surface area contributed by atoms with Crippen LogP contribution in [0.3, 0.4) is 0 Å². The van der Waals surface area contributed by atoms with Gasteiger partial charge in [0.2, 0.25) is 0 Å². The van der Waals surface area contributed by atoms with Crippen molar-refractivity contribution in [2.24, 2.45) is 5.73 Å². The summed E-state index contributed by atoms with van der Waals surface area (Å²) in [5, 5.41) is 1.70. The summed E-state index contributed by atoms with van der Waals surface area (Å²) in [7, 11) is 2.29. The van der Waals surface area contributed by atoms with Crippen molar-refractivity contribution < 1.29 is 0 Å². The van der Waals surface area contributed by atoms with Crippen molar-refractivity contribution in [1.82, 2.24) is 4.90 Å². The molecule has 0 spiro atoms. The van der Waals surface area contributed by atoms with E-state index >= 15 is 0 Å². The molecular formula is C14H21ClN2S. The number of nitrogens with zero attached hydrogens (tertiary/aromatic N) is 1. The van der Waals surface area contributed by atoms with E-state index in [9.17, 15) is 0 Å². The van der Waals surface area contributed by atoms with Gasteiger partial charge in [0.15, 0.2) is 0 Å². The smallest absolute Gasteiger partial charge is 0.0335 e. The monoisotopic (exact) mass is 284 g/mol. The number of rotatable bonds is 2. The van der Waals surface area contributed by atoms with Crippen LogP contribution in [0, 0.1) is 0 Å². The van der Waals surface area contributed by atoms with Gasteiger partial charge in [0.25, 0.3) is 0 Å². The Bertz CT molecular complexity index is 379. The molecule has 0 amide bonds. The molecule has 3 rings (SSSR count). The van der Waals surface area contributed by atoms with Gasteiger partial charge in [0.05, 0.1) is 0 Å². The zero-order chi connectivity index (χ0) is 12.7. The van der Waals surface area contributed by atoms with Crippen molar-refractivity contribution in [3.8, 4) is 0 Å². The lowest BCUT2D eigenvalue weighted by Crippen LogP contribution is -2.41. The maximum atomic E-state index is 6.33. The molecule has 3 aliphatic rings. The average Bonchev–Trinajstić information content (AvgIpc) is 2.57. The van der Waals surface area contributed by atoms with Gasteiger partial charge < -0.3 is 10.6 Å². The van der Waals surface area contributed by atoms with E-state index in [-0.39, 0.29) is 6.04 Å². The van der Waals surface area contributed by atoms with E-state index in [4.69, 9.17) is 17.3 Å². The molecule has 18 heavy (non-hydrogen) atoms. The van der Waals surface area contributed by atoms with Crippen LogP contribution in [0.1, 0.15) is 32.1 Å². The molecule has 1 aliphatic carbocycles. The molecule has 2 N–H and O–H groups in total. The largest absolute Gasteiger partial charge is 0.324 e. The number of nitrogens with two attached hydrogens (primary N) is 1. The van der Waals surface area contributed by atoms with Gasteiger partial charge in [-0.15, -0.1) is 11.8 Å². The molecule has 0 radical (unpaired) electrons. The van der Waals surface area contributed by atoms with Gasteiger partial charge in [-0.05, 0) is 38.8 Å². The van der Waals surface area contributed by atoms with Crippen molar-refractivity contribution in [3.63, 3.8) is 0 Å². The fraction of sp³-hybridized carbons (Fsp3) is 0.714. The van der Waals surface area contributed by atoms with Crippen LogP contribution < -0.4 is 5.73 Å². The summed E-state index contributed by atoms with van der Waals surface area (Å²) in [6.07, 6.45) is 10.4. The van der Waals surface area contributed by atoms with E-state index in [2.05, 4.69) is 24.1 Å². The normalized spacial score (nSPS) is 40.6. The zero-order valence-electron chi connectivity index (χ0n) is 10.8. The standard InChI is InChI=1S/C14H21ClN2S/c1-17-10-3-4-11(17)8-12(7-10)18-14-5-2-9(16)6-13(14)15/h2,5,9-12H,3-4,6-8,16H2,1H3. The van der Waals surface area contributed by atoms with Gasteiger partial charge >= 0.3 is 0 Å². The minimum absolute atomic E-state index is 0.107. The van der Waals surface area contributed by atoms with E-state index in [0.29, 0.717) is 0 Å². The Labute approximate surface area is 119 Å². The predicted octanol–water partition coefficient (Wildman–Crippen LogP) is 3.08. The lowest BCUT2D eigenvalue weighted by Gasteiger charge is -2.36. The zero-order valence-corrected chi connectivity index (χ0v) is 12.4. The summed E-state index contributed by atoms with van der Waals surface area (Å²) in [6.45, 7) is 0. The van der Waals surface area contributed by atoms with Crippen LogP contribution in [0.4, 0.5) is 0 Å². The van der Waals surface area contributed by atoms with E-state index in [1.807, 2.05) is 11.8 Å². The SMILES string of the molecule is CN1C2CCC1CC(SC1=C(Cl)CC(N)C=C1)C2. The quantitative estimate of drug-likeness (QED) is 0.845. The van der Waals surface area contributed by atoms with Gasteiger partial charge in [-0.3, -0.25) is 0 Å². The molecule has 3 atom stereocenters. The maximum Gasteiger partial charge on any atom is 0.0335 e. The number of fused-ring (bicyclic) bond motifs is 2. The average molecular weight is 285 g/mol. The molecule has 0 aromatic heterocycles. The topological polar surface area (TPSA) is 29.3 Å². The Morgan fingerprint density at radius 3 is 2.61 bits per heavy atom. The number of allylic oxidation sites excluding steroid dienone is 1. The van der Waals surface area contributed by atoms with Crippen molar-refractivity contribution in [2.75, 3.05) is 7.05 Å². The fourth-order valence-electron chi connectivity index (χ4n) is 3.42. The van der Waals surface area contributed by atoms with Crippen molar-refractivity contribution >= 4 is 23.4 Å². The second-order valence-electron chi connectivity index (χ2n) is 5.76. The molecule has 0 saturated carbocycles. The fourth-order valence-corrected chi connectivity index (χ4v) is 5.16. The van der Waals surface area contributed by atoms with Crippen LogP contribution in [0.25, 0.3) is 0 Å². The van der Waals surface area contributed by atoms with Crippen molar-refractivity contribution in [1.29, 1.82) is 0 Å². The molecule has 2 nitrogen and oxygen atoms in total. The molecule has 3 unspecified atom stereocenters. The van der Waals surface area contributed by atoms with Crippen molar-refractivity contribution in [2.45, 2.75) is 55.5 Å². The third kappa shape index (κ3) is 2.51. The molecule has 100 valence electrons. The van der Waals surface area contributed by atoms with Crippen LogP contribution in [0.5, 0.6) is 0 Å². The second kappa shape index (κ2) is 5.20. The van der Waals surface area contributed by atoms with Crippen LogP contribution in [0.2, 0.25) is 0 Å². The highest BCUT2D eigenvalue weighted by molar-refractivity contribution is 8.03. The number of thioether (sulfide) groups is 1. The highest BCUT2D eigenvalue weighted by Gasteiger charge is 2.38. The highest BCUT2D eigenvalue weighted by Crippen LogP contribution is 2.43. The Balaban J connectivity index is 1.65. The Morgan fingerprint density at radius 1 is 1.33 bits per heavy atom. The first-order valence-corrected chi connectivity index (χ1v) is 8.10. The van der Waals surface area contributed by atoms with E-state index in [1.165, 1.54) is 30.6 Å². The van der Waals surface area contributed by atoms with Crippen LogP contribution in [-0.4, -0.2) is 35.3 Å². The Hall–Kier alpha value is 0.0400. The summed E-state index contributed by atoms with van der Waals surface area (Å²) in [4.78, 5) is 3.84. The molecule has 4 heteroatoms. The minimum atomic E-state index is 0.107. The molecular weight excluding hydrogens is 264 g/mol. The molecule has 2 aliphatic heterocycles. The van der Waals surface area contributed by atoms with E-state index in [1.54, 1.807) is 0 Å². The highest BCUT2D eigenvalue weighted by atomic mass is 35.5. The van der Waals surface area contributed by atoms with Gasteiger partial charge in [-0.25, -0.2) is 0 Å². The van der Waals surface area contributed by atoms with Crippen LogP contribution >= 0.6 is 23.4 Å². The molecule has 0 aromatic carbocycles. The molecule has 0 aromatic rings. The van der Waals surface area contributed by atoms with E-state index < -0.39 is 0 Å². The first-order chi connectivity index (χ1) is 8.63. The Morgan fingerprint density at radius 2 is 2.00 bits per heavy atom. The van der Waals surface area contributed by atoms with E-state index in [0.717, 1.165) is 28.8 Å². The number of halogens is 1. The molecule has 2 heterocycles. The number of piperidine rings is 1. The van der Waals surface area contributed by atoms with Gasteiger partial charge in [0.1, 0.15) is 0 Å².